The topological polar surface area (TPSA) is 84.9 Å². The minimum absolute atomic E-state index is 0.0582. The molecule has 0 aliphatic carbocycles. The Morgan fingerprint density at radius 1 is 1.39 bits per heavy atom. The van der Waals surface area contributed by atoms with Crippen molar-refractivity contribution < 1.29 is 22.7 Å². The van der Waals surface area contributed by atoms with Crippen molar-refractivity contribution in [3.8, 4) is 11.5 Å². The average Bonchev–Trinajstić information content (AvgIpc) is 2.67. The van der Waals surface area contributed by atoms with Crippen LogP contribution in [0.5, 0.6) is 11.5 Å². The molecule has 1 saturated heterocycles. The highest BCUT2D eigenvalue weighted by Gasteiger charge is 2.37. The van der Waals surface area contributed by atoms with Crippen LogP contribution in [0, 0.1) is 5.92 Å². The van der Waals surface area contributed by atoms with Gasteiger partial charge in [-0.2, -0.15) is 0 Å². The molecule has 2 atom stereocenters. The molecule has 2 aliphatic heterocycles. The maximum absolute atomic E-state index is 13.0. The Bertz CT molecular complexity index is 837. The Morgan fingerprint density at radius 2 is 2.14 bits per heavy atom. The van der Waals surface area contributed by atoms with E-state index < -0.39 is 15.6 Å². The fourth-order valence-electron chi connectivity index (χ4n) is 3.97. The predicted molar refractivity (Wildman–Crippen MR) is 107 cm³/mol. The molecule has 1 aromatic carbocycles. The van der Waals surface area contributed by atoms with Gasteiger partial charge in [-0.1, -0.05) is 0 Å². The van der Waals surface area contributed by atoms with Crippen LogP contribution in [-0.4, -0.2) is 50.2 Å². The van der Waals surface area contributed by atoms with Crippen molar-refractivity contribution in [1.82, 2.24) is 9.62 Å². The molecular formula is C20H30N2O5S. The van der Waals surface area contributed by atoms with Gasteiger partial charge in [-0.15, -0.1) is 0 Å². The van der Waals surface area contributed by atoms with E-state index in [4.69, 9.17) is 9.47 Å². The van der Waals surface area contributed by atoms with Gasteiger partial charge in [-0.25, -0.2) is 12.7 Å². The van der Waals surface area contributed by atoms with Crippen LogP contribution in [0.4, 0.5) is 0 Å². The van der Waals surface area contributed by atoms with E-state index in [1.807, 2.05) is 32.0 Å². The van der Waals surface area contributed by atoms with Gasteiger partial charge in [0.15, 0.2) is 0 Å². The van der Waals surface area contributed by atoms with Crippen molar-refractivity contribution in [3.63, 3.8) is 0 Å². The summed E-state index contributed by atoms with van der Waals surface area (Å²) >= 11 is 0. The van der Waals surface area contributed by atoms with Crippen molar-refractivity contribution in [3.05, 3.63) is 23.8 Å². The van der Waals surface area contributed by atoms with Crippen LogP contribution >= 0.6 is 0 Å². The van der Waals surface area contributed by atoms with Gasteiger partial charge >= 0.3 is 0 Å². The minimum atomic E-state index is -3.28. The smallest absolute Gasteiger partial charge is 0.224 e. The molecule has 7 nitrogen and oxygen atoms in total. The Kier molecular flexibility index (Phi) is 5.91. The van der Waals surface area contributed by atoms with Crippen molar-refractivity contribution in [2.75, 3.05) is 26.0 Å². The Morgan fingerprint density at radius 3 is 2.82 bits per heavy atom. The Balaban J connectivity index is 1.78. The summed E-state index contributed by atoms with van der Waals surface area (Å²) in [6.07, 6.45) is 2.02. The molecule has 0 saturated carbocycles. The lowest BCUT2D eigenvalue weighted by molar-refractivity contribution is -0.127. The van der Waals surface area contributed by atoms with Gasteiger partial charge in [-0.3, -0.25) is 4.79 Å². The lowest BCUT2D eigenvalue weighted by Gasteiger charge is -2.39. The molecule has 28 heavy (non-hydrogen) atoms. The molecule has 0 spiro atoms. The molecule has 2 aliphatic rings. The standard InChI is InChI=1S/C20H30N2O5S/c1-5-28(24,25)22-10-6-7-14(13-22)19(23)21-17-12-20(2,3)27-18-9-8-15(26-4)11-16(17)18/h8-9,11,14,17H,5-7,10,12-13H2,1-4H3,(H,21,23)/t14-,17-/m0/s1. The summed E-state index contributed by atoms with van der Waals surface area (Å²) in [4.78, 5) is 13.0. The van der Waals surface area contributed by atoms with Gasteiger partial charge < -0.3 is 14.8 Å². The maximum Gasteiger partial charge on any atom is 0.224 e. The molecule has 156 valence electrons. The zero-order valence-electron chi connectivity index (χ0n) is 17.0. The number of rotatable bonds is 5. The normalized spacial score (nSPS) is 24.7. The molecule has 1 aromatic rings. The first-order valence-corrected chi connectivity index (χ1v) is 11.4. The number of ether oxygens (including phenoxy) is 2. The third-order valence-electron chi connectivity index (χ3n) is 5.50. The Hall–Kier alpha value is -1.80. The van der Waals surface area contributed by atoms with E-state index in [1.165, 1.54) is 4.31 Å². The van der Waals surface area contributed by atoms with Crippen LogP contribution in [0.2, 0.25) is 0 Å². The fourth-order valence-corrected chi connectivity index (χ4v) is 5.15. The van der Waals surface area contributed by atoms with E-state index in [-0.39, 0.29) is 30.2 Å². The van der Waals surface area contributed by atoms with Crippen LogP contribution in [-0.2, 0) is 14.8 Å². The lowest BCUT2D eigenvalue weighted by atomic mass is 9.88. The summed E-state index contributed by atoms with van der Waals surface area (Å²) in [6, 6.07) is 5.39. The number of piperidine rings is 1. The summed E-state index contributed by atoms with van der Waals surface area (Å²) in [5.74, 6) is 1.06. The second-order valence-corrected chi connectivity index (χ2v) is 10.4. The highest BCUT2D eigenvalue weighted by atomic mass is 32.2. The highest BCUT2D eigenvalue weighted by Crippen LogP contribution is 2.41. The van der Waals surface area contributed by atoms with Crippen LogP contribution < -0.4 is 14.8 Å². The van der Waals surface area contributed by atoms with Gasteiger partial charge in [0.1, 0.15) is 17.1 Å². The predicted octanol–water partition coefficient (Wildman–Crippen LogP) is 2.48. The van der Waals surface area contributed by atoms with E-state index >= 15 is 0 Å². The van der Waals surface area contributed by atoms with E-state index in [2.05, 4.69) is 5.32 Å². The summed E-state index contributed by atoms with van der Waals surface area (Å²) in [5.41, 5.74) is 0.477. The zero-order chi connectivity index (χ0) is 20.5. The van der Waals surface area contributed by atoms with Crippen LogP contribution in [0.25, 0.3) is 0 Å². The largest absolute Gasteiger partial charge is 0.497 e. The van der Waals surface area contributed by atoms with E-state index in [9.17, 15) is 13.2 Å². The summed E-state index contributed by atoms with van der Waals surface area (Å²) in [7, 11) is -1.68. The number of hydrogen-bond donors (Lipinski definition) is 1. The second kappa shape index (κ2) is 7.91. The average molecular weight is 411 g/mol. The van der Waals surface area contributed by atoms with Crippen LogP contribution in [0.15, 0.2) is 18.2 Å². The number of benzene rings is 1. The first kappa shape index (κ1) is 20.9. The number of nitrogens with zero attached hydrogens (tertiary/aromatic N) is 1. The molecule has 1 amide bonds. The van der Waals surface area contributed by atoms with E-state index in [0.717, 1.165) is 11.3 Å². The number of amides is 1. The molecular weight excluding hydrogens is 380 g/mol. The van der Waals surface area contributed by atoms with E-state index in [0.29, 0.717) is 31.6 Å². The van der Waals surface area contributed by atoms with Gasteiger partial charge in [-0.05, 0) is 51.8 Å². The second-order valence-electron chi connectivity index (χ2n) is 8.13. The highest BCUT2D eigenvalue weighted by molar-refractivity contribution is 7.89. The van der Waals surface area contributed by atoms with Gasteiger partial charge in [0, 0.05) is 25.1 Å². The number of sulfonamides is 1. The minimum Gasteiger partial charge on any atom is -0.497 e. The number of fused-ring (bicyclic) bond motifs is 1. The molecule has 0 radical (unpaired) electrons. The molecule has 8 heteroatoms. The van der Waals surface area contributed by atoms with Gasteiger partial charge in [0.25, 0.3) is 0 Å². The monoisotopic (exact) mass is 410 g/mol. The first-order chi connectivity index (χ1) is 13.1. The molecule has 0 aromatic heterocycles. The number of carbonyl (C=O) groups excluding carboxylic acids is 1. The number of nitrogens with one attached hydrogen (secondary N) is 1. The summed E-state index contributed by atoms with van der Waals surface area (Å²) < 4.78 is 37.2. The van der Waals surface area contributed by atoms with Crippen LogP contribution in [0.3, 0.4) is 0 Å². The molecule has 1 fully saturated rings. The maximum atomic E-state index is 13.0. The van der Waals surface area contributed by atoms with E-state index in [1.54, 1.807) is 14.0 Å². The summed E-state index contributed by atoms with van der Waals surface area (Å²) in [5, 5.41) is 3.15. The quantitative estimate of drug-likeness (QED) is 0.806. The lowest BCUT2D eigenvalue weighted by Crippen LogP contribution is -2.48. The van der Waals surface area contributed by atoms with Gasteiger partial charge in [0.2, 0.25) is 15.9 Å². The fraction of sp³-hybridized carbons (Fsp3) is 0.650. The zero-order valence-corrected chi connectivity index (χ0v) is 17.8. The third-order valence-corrected chi connectivity index (χ3v) is 7.35. The first-order valence-electron chi connectivity index (χ1n) is 9.80. The number of carbonyl (C=O) groups is 1. The number of methoxy groups -OCH3 is 1. The molecule has 0 unspecified atom stereocenters. The van der Waals surface area contributed by atoms with Crippen molar-refractivity contribution in [1.29, 1.82) is 0 Å². The third kappa shape index (κ3) is 4.43. The van der Waals surface area contributed by atoms with Crippen molar-refractivity contribution in [2.45, 2.75) is 51.7 Å². The molecule has 3 rings (SSSR count). The van der Waals surface area contributed by atoms with Crippen molar-refractivity contribution >= 4 is 15.9 Å². The Labute approximate surface area is 167 Å². The van der Waals surface area contributed by atoms with Crippen LogP contribution in [0.1, 0.15) is 51.6 Å². The number of hydrogen-bond acceptors (Lipinski definition) is 5. The molecule has 1 N–H and O–H groups in total. The molecule has 0 bridgehead atoms. The van der Waals surface area contributed by atoms with Crippen molar-refractivity contribution in [2.24, 2.45) is 5.92 Å². The SMILES string of the molecule is CCS(=O)(=O)N1CCC[C@H](C(=O)N[C@H]2CC(C)(C)Oc3ccc(OC)cc32)C1. The van der Waals surface area contributed by atoms with Gasteiger partial charge in [0.05, 0.1) is 24.8 Å². The molecule has 2 heterocycles. The summed E-state index contributed by atoms with van der Waals surface area (Å²) in [6.45, 7) is 6.36.